The highest BCUT2D eigenvalue weighted by Gasteiger charge is 2.28. The smallest absolute Gasteiger partial charge is 0.264 e. The molecule has 5 nitrogen and oxygen atoms in total. The van der Waals surface area contributed by atoms with Crippen LogP contribution >= 0.6 is 23.2 Å². The van der Waals surface area contributed by atoms with E-state index in [0.717, 1.165) is 35.6 Å². The summed E-state index contributed by atoms with van der Waals surface area (Å²) in [6, 6.07) is 11.1. The van der Waals surface area contributed by atoms with E-state index in [-0.39, 0.29) is 34.1 Å². The summed E-state index contributed by atoms with van der Waals surface area (Å²) >= 11 is 12.1. The molecular weight excluding hydrogens is 419 g/mol. The molecule has 1 amide bonds. The Bertz CT molecular complexity index is 956. The second-order valence-corrected chi connectivity index (χ2v) is 9.65. The zero-order valence-electron chi connectivity index (χ0n) is 15.5. The average molecular weight is 441 g/mol. The minimum Gasteiger partial charge on any atom is -0.352 e. The molecule has 1 aliphatic carbocycles. The molecule has 0 radical (unpaired) electrons. The summed E-state index contributed by atoms with van der Waals surface area (Å²) < 4.78 is 27.6. The van der Waals surface area contributed by atoms with Crippen molar-refractivity contribution in [3.63, 3.8) is 0 Å². The summed E-state index contributed by atoms with van der Waals surface area (Å²) in [7, 11) is -3.96. The van der Waals surface area contributed by atoms with Crippen LogP contribution in [0, 0.1) is 6.92 Å². The second-order valence-electron chi connectivity index (χ2n) is 6.97. The van der Waals surface area contributed by atoms with Crippen LogP contribution in [-0.2, 0) is 14.8 Å². The van der Waals surface area contributed by atoms with Gasteiger partial charge in [0.1, 0.15) is 6.54 Å². The minimum atomic E-state index is -3.96. The van der Waals surface area contributed by atoms with Crippen molar-refractivity contribution in [3.05, 3.63) is 58.1 Å². The highest BCUT2D eigenvalue weighted by Crippen LogP contribution is 2.30. The second kappa shape index (κ2) is 8.72. The van der Waals surface area contributed by atoms with E-state index in [1.807, 2.05) is 6.92 Å². The van der Waals surface area contributed by atoms with Crippen LogP contribution in [0.4, 0.5) is 5.69 Å². The van der Waals surface area contributed by atoms with Crippen LogP contribution in [0.5, 0.6) is 0 Å². The first-order valence-corrected chi connectivity index (χ1v) is 11.3. The van der Waals surface area contributed by atoms with Crippen molar-refractivity contribution < 1.29 is 13.2 Å². The van der Waals surface area contributed by atoms with Crippen LogP contribution in [0.3, 0.4) is 0 Å². The number of hydrogen-bond acceptors (Lipinski definition) is 3. The van der Waals surface area contributed by atoms with Crippen molar-refractivity contribution in [3.8, 4) is 0 Å². The van der Waals surface area contributed by atoms with Gasteiger partial charge in [-0.05, 0) is 50.1 Å². The Balaban J connectivity index is 1.94. The van der Waals surface area contributed by atoms with Crippen molar-refractivity contribution in [2.75, 3.05) is 10.8 Å². The minimum absolute atomic E-state index is 0.102. The van der Waals surface area contributed by atoms with Gasteiger partial charge in [0.25, 0.3) is 10.0 Å². The molecular formula is C20H22Cl2N2O3S. The molecule has 1 saturated carbocycles. The zero-order chi connectivity index (χ0) is 20.3. The maximum Gasteiger partial charge on any atom is 0.264 e. The van der Waals surface area contributed by atoms with E-state index < -0.39 is 10.0 Å². The number of amides is 1. The van der Waals surface area contributed by atoms with Crippen molar-refractivity contribution in [2.45, 2.75) is 43.5 Å². The van der Waals surface area contributed by atoms with Crippen molar-refractivity contribution in [1.29, 1.82) is 0 Å². The Hall–Kier alpha value is -1.76. The summed E-state index contributed by atoms with van der Waals surface area (Å²) in [4.78, 5) is 12.7. The number of nitrogens with zero attached hydrogens (tertiary/aromatic N) is 1. The lowest BCUT2D eigenvalue weighted by molar-refractivity contribution is -0.120. The number of hydrogen-bond donors (Lipinski definition) is 1. The molecule has 1 aliphatic rings. The fraction of sp³-hybridized carbons (Fsp3) is 0.350. The summed E-state index contributed by atoms with van der Waals surface area (Å²) in [6.45, 7) is 1.55. The Morgan fingerprint density at radius 1 is 1.07 bits per heavy atom. The molecule has 150 valence electrons. The molecule has 3 rings (SSSR count). The van der Waals surface area contributed by atoms with Crippen LogP contribution < -0.4 is 9.62 Å². The highest BCUT2D eigenvalue weighted by atomic mass is 35.5. The number of benzene rings is 2. The fourth-order valence-corrected chi connectivity index (χ4v) is 4.97. The van der Waals surface area contributed by atoms with Gasteiger partial charge in [-0.15, -0.1) is 0 Å². The number of carbonyl (C=O) groups excluding carboxylic acids is 1. The van der Waals surface area contributed by atoms with Crippen molar-refractivity contribution >= 4 is 44.8 Å². The lowest BCUT2D eigenvalue weighted by atomic mass is 10.2. The average Bonchev–Trinajstić information content (AvgIpc) is 3.15. The standard InChI is InChI=1S/C20H22Cl2N2O3S/c1-14-6-9-17(10-7-14)28(26,27)24(16-8-11-18(21)19(22)12-16)13-20(25)23-15-4-2-3-5-15/h6-12,15H,2-5,13H2,1H3,(H,23,25). The number of aryl methyl sites for hydroxylation is 1. The maximum absolute atomic E-state index is 13.3. The number of halogens is 2. The van der Waals surface area contributed by atoms with E-state index >= 15 is 0 Å². The molecule has 0 bridgehead atoms. The molecule has 0 spiro atoms. The summed E-state index contributed by atoms with van der Waals surface area (Å²) in [6.07, 6.45) is 3.98. The van der Waals surface area contributed by atoms with E-state index in [4.69, 9.17) is 23.2 Å². The molecule has 2 aromatic rings. The Kier molecular flexibility index (Phi) is 6.53. The number of carbonyl (C=O) groups is 1. The van der Waals surface area contributed by atoms with Gasteiger partial charge in [-0.3, -0.25) is 9.10 Å². The van der Waals surface area contributed by atoms with E-state index in [2.05, 4.69) is 5.32 Å². The number of nitrogens with one attached hydrogen (secondary N) is 1. The molecule has 0 aliphatic heterocycles. The third-order valence-corrected chi connectivity index (χ3v) is 7.33. The largest absolute Gasteiger partial charge is 0.352 e. The van der Waals surface area contributed by atoms with Gasteiger partial charge in [-0.2, -0.15) is 0 Å². The first kappa shape index (κ1) is 21.0. The Morgan fingerprint density at radius 3 is 2.32 bits per heavy atom. The predicted molar refractivity (Wildman–Crippen MR) is 113 cm³/mol. The molecule has 1 N–H and O–H groups in total. The molecule has 0 saturated heterocycles. The molecule has 1 fully saturated rings. The van der Waals surface area contributed by atoms with Crippen LogP contribution in [0.15, 0.2) is 47.4 Å². The van der Waals surface area contributed by atoms with Gasteiger partial charge in [-0.1, -0.05) is 53.7 Å². The van der Waals surface area contributed by atoms with Crippen molar-refractivity contribution in [2.24, 2.45) is 0 Å². The van der Waals surface area contributed by atoms with Crippen LogP contribution in [0.25, 0.3) is 0 Å². The van der Waals surface area contributed by atoms with E-state index in [9.17, 15) is 13.2 Å². The number of sulfonamides is 1. The quantitative estimate of drug-likeness (QED) is 0.715. The SMILES string of the molecule is Cc1ccc(S(=O)(=O)N(CC(=O)NC2CCCC2)c2ccc(Cl)c(Cl)c2)cc1. The Morgan fingerprint density at radius 2 is 1.71 bits per heavy atom. The van der Waals surface area contributed by atoms with Crippen LogP contribution in [-0.4, -0.2) is 26.9 Å². The van der Waals surface area contributed by atoms with Gasteiger partial charge >= 0.3 is 0 Å². The topological polar surface area (TPSA) is 66.5 Å². The van der Waals surface area contributed by atoms with Crippen LogP contribution in [0.1, 0.15) is 31.2 Å². The first-order valence-electron chi connectivity index (χ1n) is 9.11. The third-order valence-electron chi connectivity index (χ3n) is 4.81. The van der Waals surface area contributed by atoms with Gasteiger partial charge in [-0.25, -0.2) is 8.42 Å². The number of anilines is 1. The van der Waals surface area contributed by atoms with Gasteiger partial charge in [0.15, 0.2) is 0 Å². The lowest BCUT2D eigenvalue weighted by Gasteiger charge is -2.25. The molecule has 0 heterocycles. The highest BCUT2D eigenvalue weighted by molar-refractivity contribution is 7.92. The first-order chi connectivity index (χ1) is 13.3. The predicted octanol–water partition coefficient (Wildman–Crippen LogP) is 4.56. The van der Waals surface area contributed by atoms with E-state index in [0.29, 0.717) is 5.02 Å². The van der Waals surface area contributed by atoms with Crippen molar-refractivity contribution in [1.82, 2.24) is 5.32 Å². The zero-order valence-corrected chi connectivity index (χ0v) is 17.8. The molecule has 0 aromatic heterocycles. The van der Waals surface area contributed by atoms with Gasteiger partial charge in [0, 0.05) is 6.04 Å². The van der Waals surface area contributed by atoms with Gasteiger partial charge < -0.3 is 5.32 Å². The summed E-state index contributed by atoms with van der Waals surface area (Å²) in [5, 5.41) is 3.47. The maximum atomic E-state index is 13.3. The Labute approximate surface area is 175 Å². The molecule has 8 heteroatoms. The lowest BCUT2D eigenvalue weighted by Crippen LogP contribution is -2.43. The summed E-state index contributed by atoms with van der Waals surface area (Å²) in [5.74, 6) is -0.339. The monoisotopic (exact) mass is 440 g/mol. The number of rotatable bonds is 6. The molecule has 2 aromatic carbocycles. The van der Waals surface area contributed by atoms with Gasteiger partial charge in [0.2, 0.25) is 5.91 Å². The third kappa shape index (κ3) is 4.80. The van der Waals surface area contributed by atoms with E-state index in [1.54, 1.807) is 18.2 Å². The van der Waals surface area contributed by atoms with Crippen LogP contribution in [0.2, 0.25) is 10.0 Å². The molecule has 0 unspecified atom stereocenters. The van der Waals surface area contributed by atoms with Gasteiger partial charge in [0.05, 0.1) is 20.6 Å². The van der Waals surface area contributed by atoms with E-state index in [1.165, 1.54) is 24.3 Å². The summed E-state index contributed by atoms with van der Waals surface area (Å²) in [5.41, 5.74) is 1.23. The molecule has 0 atom stereocenters. The molecule has 28 heavy (non-hydrogen) atoms. The fourth-order valence-electron chi connectivity index (χ4n) is 3.27. The normalized spacial score (nSPS) is 14.8.